The zero-order chi connectivity index (χ0) is 18.4. The fourth-order valence-electron chi connectivity index (χ4n) is 6.96. The molecule has 4 heteroatoms. The number of fused-ring (bicyclic) bond motifs is 1. The van der Waals surface area contributed by atoms with Crippen LogP contribution in [0, 0.1) is 22.7 Å². The molecular formula is C22H38N2O2. The van der Waals surface area contributed by atoms with Crippen molar-refractivity contribution in [2.75, 3.05) is 39.3 Å². The number of rotatable bonds is 6. The van der Waals surface area contributed by atoms with Gasteiger partial charge in [0, 0.05) is 19.1 Å². The van der Waals surface area contributed by atoms with Crippen LogP contribution in [0.4, 0.5) is 0 Å². The fourth-order valence-corrected chi connectivity index (χ4v) is 6.96. The van der Waals surface area contributed by atoms with Crippen molar-refractivity contribution in [2.45, 2.75) is 71.8 Å². The van der Waals surface area contributed by atoms with Gasteiger partial charge in [-0.25, -0.2) is 0 Å². The highest BCUT2D eigenvalue weighted by Crippen LogP contribution is 2.65. The molecule has 148 valence electrons. The molecule has 26 heavy (non-hydrogen) atoms. The van der Waals surface area contributed by atoms with Crippen LogP contribution >= 0.6 is 0 Å². The summed E-state index contributed by atoms with van der Waals surface area (Å²) in [6, 6.07) is 0.825. The Labute approximate surface area is 159 Å². The molecule has 2 aliphatic carbocycles. The van der Waals surface area contributed by atoms with Crippen molar-refractivity contribution in [3.63, 3.8) is 0 Å². The Morgan fingerprint density at radius 1 is 1.12 bits per heavy atom. The van der Waals surface area contributed by atoms with Crippen molar-refractivity contribution < 1.29 is 9.53 Å². The molecule has 0 aromatic heterocycles. The first-order valence-corrected chi connectivity index (χ1v) is 11.1. The smallest absolute Gasteiger partial charge is 0.310 e. The van der Waals surface area contributed by atoms with Gasteiger partial charge >= 0.3 is 5.97 Å². The zero-order valence-electron chi connectivity index (χ0n) is 17.1. The first-order valence-electron chi connectivity index (χ1n) is 11.1. The number of hydrogen-bond acceptors (Lipinski definition) is 4. The van der Waals surface area contributed by atoms with Crippen LogP contribution in [0.2, 0.25) is 0 Å². The Bertz CT molecular complexity index is 518. The molecule has 0 aromatic carbocycles. The molecule has 3 aliphatic heterocycles. The fraction of sp³-hybridized carbons (Fsp3) is 0.955. The van der Waals surface area contributed by atoms with Gasteiger partial charge in [-0.15, -0.1) is 0 Å². The first kappa shape index (κ1) is 18.7. The van der Waals surface area contributed by atoms with Gasteiger partial charge in [-0.2, -0.15) is 0 Å². The minimum Gasteiger partial charge on any atom is -0.466 e. The average Bonchev–Trinajstić information content (AvgIpc) is 2.79. The van der Waals surface area contributed by atoms with Crippen LogP contribution in [0.3, 0.4) is 0 Å². The third-order valence-electron chi connectivity index (χ3n) is 8.33. The molecule has 3 atom stereocenters. The minimum atomic E-state index is 0.0162. The van der Waals surface area contributed by atoms with Gasteiger partial charge in [-0.05, 0) is 88.3 Å². The van der Waals surface area contributed by atoms with Gasteiger partial charge in [-0.1, -0.05) is 13.8 Å². The van der Waals surface area contributed by atoms with Gasteiger partial charge in [0.15, 0.2) is 0 Å². The summed E-state index contributed by atoms with van der Waals surface area (Å²) in [5.74, 6) is 1.04. The molecule has 0 aromatic rings. The van der Waals surface area contributed by atoms with Crippen molar-refractivity contribution in [2.24, 2.45) is 22.7 Å². The molecule has 3 unspecified atom stereocenters. The lowest BCUT2D eigenvalue weighted by atomic mass is 9.57. The summed E-state index contributed by atoms with van der Waals surface area (Å²) in [4.78, 5) is 17.3. The number of hydrogen-bond donors (Lipinski definition) is 0. The lowest BCUT2D eigenvalue weighted by molar-refractivity contribution is -0.149. The molecular weight excluding hydrogens is 324 g/mol. The van der Waals surface area contributed by atoms with Crippen LogP contribution in [0.5, 0.6) is 0 Å². The van der Waals surface area contributed by atoms with E-state index in [4.69, 9.17) is 4.74 Å². The maximum Gasteiger partial charge on any atom is 0.310 e. The molecule has 0 spiro atoms. The lowest BCUT2D eigenvalue weighted by Crippen LogP contribution is -2.59. The summed E-state index contributed by atoms with van der Waals surface area (Å²) in [5, 5.41) is 0. The molecule has 5 aliphatic rings. The zero-order valence-corrected chi connectivity index (χ0v) is 17.1. The van der Waals surface area contributed by atoms with Crippen LogP contribution in [0.15, 0.2) is 0 Å². The Hall–Kier alpha value is -0.610. The molecule has 4 nitrogen and oxygen atoms in total. The number of ether oxygens (including phenoxy) is 1. The number of likely N-dealkylation sites (tertiary alicyclic amines) is 1. The Morgan fingerprint density at radius 3 is 2.50 bits per heavy atom. The van der Waals surface area contributed by atoms with E-state index in [1.165, 1.54) is 45.2 Å². The van der Waals surface area contributed by atoms with Crippen molar-refractivity contribution in [1.82, 2.24) is 9.80 Å². The van der Waals surface area contributed by atoms with Crippen LogP contribution in [-0.4, -0.2) is 61.1 Å². The normalized spacial score (nSPS) is 43.0. The highest BCUT2D eigenvalue weighted by Gasteiger charge is 2.61. The highest BCUT2D eigenvalue weighted by atomic mass is 16.5. The third kappa shape index (κ3) is 3.32. The van der Waals surface area contributed by atoms with Gasteiger partial charge in [0.2, 0.25) is 0 Å². The molecule has 0 N–H and O–H groups in total. The summed E-state index contributed by atoms with van der Waals surface area (Å²) in [5.41, 5.74) is 1.27. The second kappa shape index (κ2) is 7.09. The first-order chi connectivity index (χ1) is 12.4. The van der Waals surface area contributed by atoms with E-state index >= 15 is 0 Å². The van der Waals surface area contributed by atoms with E-state index in [9.17, 15) is 4.79 Å². The van der Waals surface area contributed by atoms with Crippen LogP contribution in [-0.2, 0) is 9.53 Å². The van der Waals surface area contributed by atoms with Crippen molar-refractivity contribution in [3.8, 4) is 0 Å². The van der Waals surface area contributed by atoms with E-state index in [0.29, 0.717) is 17.4 Å². The van der Waals surface area contributed by atoms with Crippen LogP contribution < -0.4 is 0 Å². The SMILES string of the molecule is CCOC(=O)C1CCCN(CCCN2CC3C4(C)CCC3(C)CC2C4)C1. The van der Waals surface area contributed by atoms with Crippen LogP contribution in [0.1, 0.15) is 65.7 Å². The van der Waals surface area contributed by atoms with E-state index in [1.54, 1.807) is 0 Å². The number of carbonyl (C=O) groups is 1. The Morgan fingerprint density at radius 2 is 1.85 bits per heavy atom. The number of esters is 1. The van der Waals surface area contributed by atoms with Crippen molar-refractivity contribution in [3.05, 3.63) is 0 Å². The number of carbonyl (C=O) groups excluding carboxylic acids is 1. The predicted octanol–water partition coefficient (Wildman–Crippen LogP) is 3.55. The van der Waals surface area contributed by atoms with E-state index in [2.05, 4.69) is 23.6 Å². The maximum absolute atomic E-state index is 12.0. The molecule has 0 radical (unpaired) electrons. The van der Waals surface area contributed by atoms with Crippen LogP contribution in [0.25, 0.3) is 0 Å². The average molecular weight is 363 g/mol. The molecule has 5 fully saturated rings. The number of nitrogens with zero attached hydrogens (tertiary/aromatic N) is 2. The van der Waals surface area contributed by atoms with Gasteiger partial charge in [0.05, 0.1) is 12.5 Å². The van der Waals surface area contributed by atoms with E-state index in [-0.39, 0.29) is 11.9 Å². The number of piperidine rings is 3. The standard InChI is InChI=1S/C22H38N2O2/c1-4-26-20(25)17-7-5-10-23(15-17)11-6-12-24-16-19-21(2)8-9-22(19,3)14-18(24)13-21/h17-19H,4-16H2,1-3H3. The third-order valence-corrected chi connectivity index (χ3v) is 8.33. The summed E-state index contributed by atoms with van der Waals surface area (Å²) in [6.07, 6.45) is 9.16. The molecule has 3 heterocycles. The topological polar surface area (TPSA) is 32.8 Å². The van der Waals surface area contributed by atoms with Crippen molar-refractivity contribution in [1.29, 1.82) is 0 Å². The van der Waals surface area contributed by atoms with Gasteiger partial charge < -0.3 is 9.64 Å². The maximum atomic E-state index is 12.0. The largest absolute Gasteiger partial charge is 0.466 e. The van der Waals surface area contributed by atoms with E-state index in [1.807, 2.05) is 6.92 Å². The quantitative estimate of drug-likeness (QED) is 0.677. The molecule has 0 amide bonds. The summed E-state index contributed by atoms with van der Waals surface area (Å²) < 4.78 is 5.23. The molecule has 4 bridgehead atoms. The van der Waals surface area contributed by atoms with Gasteiger partial charge in [-0.3, -0.25) is 9.69 Å². The minimum absolute atomic E-state index is 0.0162. The highest BCUT2D eigenvalue weighted by molar-refractivity contribution is 5.72. The summed E-state index contributed by atoms with van der Waals surface area (Å²) in [6.45, 7) is 13.3. The monoisotopic (exact) mass is 362 g/mol. The Kier molecular flexibility index (Phi) is 5.11. The van der Waals surface area contributed by atoms with E-state index in [0.717, 1.165) is 44.4 Å². The predicted molar refractivity (Wildman–Crippen MR) is 104 cm³/mol. The molecule has 2 saturated carbocycles. The van der Waals surface area contributed by atoms with E-state index < -0.39 is 0 Å². The second-order valence-corrected chi connectivity index (χ2v) is 10.2. The van der Waals surface area contributed by atoms with Gasteiger partial charge in [0.25, 0.3) is 0 Å². The van der Waals surface area contributed by atoms with Gasteiger partial charge in [0.1, 0.15) is 0 Å². The molecule has 5 rings (SSSR count). The summed E-state index contributed by atoms with van der Waals surface area (Å²) in [7, 11) is 0. The molecule has 3 saturated heterocycles. The second-order valence-electron chi connectivity index (χ2n) is 10.2. The summed E-state index contributed by atoms with van der Waals surface area (Å²) >= 11 is 0. The Balaban J connectivity index is 1.24. The lowest BCUT2D eigenvalue weighted by Gasteiger charge is -2.58. The van der Waals surface area contributed by atoms with Crippen molar-refractivity contribution >= 4 is 5.97 Å².